The maximum Gasteiger partial charge on any atom is 0.401 e. The summed E-state index contributed by atoms with van der Waals surface area (Å²) in [6.45, 7) is 1.50. The first kappa shape index (κ1) is 14.9. The maximum atomic E-state index is 11.7. The molecule has 0 saturated carbocycles. The van der Waals surface area contributed by atoms with Crippen LogP contribution in [-0.2, 0) is 25.9 Å². The Balaban J connectivity index is 2.59. The molecule has 106 valence electrons. The summed E-state index contributed by atoms with van der Waals surface area (Å²) in [6, 6.07) is 2.90. The standard InChI is InChI=1S/C9H8BrClO6S2/c1-5-2-6-3-7(10)4-8(16-19(11,14)15)9(6)17-18(5,12)13/h3-5H,2H2,1H3. The van der Waals surface area contributed by atoms with E-state index in [0.29, 0.717) is 10.0 Å². The predicted octanol–water partition coefficient (Wildman–Crippen LogP) is 1.96. The van der Waals surface area contributed by atoms with Crippen molar-refractivity contribution in [1.82, 2.24) is 0 Å². The summed E-state index contributed by atoms with van der Waals surface area (Å²) in [4.78, 5) is 0. The van der Waals surface area contributed by atoms with Crippen LogP contribution in [0.5, 0.6) is 11.5 Å². The molecule has 0 radical (unpaired) electrons. The van der Waals surface area contributed by atoms with Gasteiger partial charge in [0.05, 0.1) is 15.9 Å². The molecule has 1 aromatic rings. The van der Waals surface area contributed by atoms with Crippen molar-refractivity contribution in [1.29, 1.82) is 0 Å². The molecule has 2 rings (SSSR count). The molecular formula is C9H8BrClO6S2. The summed E-state index contributed by atoms with van der Waals surface area (Å²) < 4.78 is 55.2. The molecule has 0 bridgehead atoms. The van der Waals surface area contributed by atoms with Crippen LogP contribution in [0.2, 0.25) is 0 Å². The van der Waals surface area contributed by atoms with E-state index in [1.165, 1.54) is 13.0 Å². The van der Waals surface area contributed by atoms with E-state index in [4.69, 9.17) is 14.9 Å². The third-order valence-electron chi connectivity index (χ3n) is 2.49. The minimum Gasteiger partial charge on any atom is -0.378 e. The average Bonchev–Trinajstić information content (AvgIpc) is 2.19. The van der Waals surface area contributed by atoms with E-state index in [0.717, 1.165) is 0 Å². The van der Waals surface area contributed by atoms with Gasteiger partial charge in [-0.1, -0.05) is 15.9 Å². The predicted molar refractivity (Wildman–Crippen MR) is 72.3 cm³/mol. The third kappa shape index (κ3) is 3.33. The van der Waals surface area contributed by atoms with Gasteiger partial charge in [0.1, 0.15) is 0 Å². The van der Waals surface area contributed by atoms with Gasteiger partial charge in [0.25, 0.3) is 0 Å². The fourth-order valence-corrected chi connectivity index (χ4v) is 3.64. The molecule has 1 aromatic carbocycles. The highest BCUT2D eigenvalue weighted by atomic mass is 79.9. The fraction of sp³-hybridized carbons (Fsp3) is 0.333. The van der Waals surface area contributed by atoms with Crippen molar-refractivity contribution in [2.45, 2.75) is 18.6 Å². The SMILES string of the molecule is CC1Cc2cc(Br)cc(OS(=O)(=O)Cl)c2OS1(=O)=O. The van der Waals surface area contributed by atoms with Gasteiger partial charge in [-0.05, 0) is 19.4 Å². The van der Waals surface area contributed by atoms with Crippen LogP contribution >= 0.6 is 26.6 Å². The van der Waals surface area contributed by atoms with Gasteiger partial charge in [-0.25, -0.2) is 0 Å². The minimum absolute atomic E-state index is 0.148. The third-order valence-corrected chi connectivity index (χ3v) is 5.06. The van der Waals surface area contributed by atoms with Crippen LogP contribution in [-0.4, -0.2) is 22.1 Å². The molecular weight excluding hydrogens is 384 g/mol. The van der Waals surface area contributed by atoms with Crippen LogP contribution in [0.15, 0.2) is 16.6 Å². The van der Waals surface area contributed by atoms with Crippen molar-refractivity contribution in [3.8, 4) is 11.5 Å². The van der Waals surface area contributed by atoms with Crippen LogP contribution in [0.1, 0.15) is 12.5 Å². The summed E-state index contributed by atoms with van der Waals surface area (Å²) in [5.41, 5.74) is 0.520. The molecule has 19 heavy (non-hydrogen) atoms. The highest BCUT2D eigenvalue weighted by Crippen LogP contribution is 2.41. The zero-order chi connectivity index (χ0) is 14.4. The molecule has 0 aromatic heterocycles. The Bertz CT molecular complexity index is 727. The van der Waals surface area contributed by atoms with E-state index in [1.54, 1.807) is 6.07 Å². The lowest BCUT2D eigenvalue weighted by Gasteiger charge is -2.23. The zero-order valence-corrected chi connectivity index (χ0v) is 13.4. The van der Waals surface area contributed by atoms with Crippen molar-refractivity contribution in [2.24, 2.45) is 0 Å². The van der Waals surface area contributed by atoms with Crippen molar-refractivity contribution in [2.75, 3.05) is 0 Å². The smallest absolute Gasteiger partial charge is 0.378 e. The minimum atomic E-state index is -4.30. The summed E-state index contributed by atoms with van der Waals surface area (Å²) in [6.07, 6.45) is 0.190. The Labute approximate surface area is 123 Å². The Morgan fingerprint density at radius 1 is 1.47 bits per heavy atom. The number of benzene rings is 1. The van der Waals surface area contributed by atoms with E-state index in [1.807, 2.05) is 0 Å². The molecule has 0 saturated heterocycles. The molecule has 1 heterocycles. The molecule has 1 atom stereocenters. The monoisotopic (exact) mass is 390 g/mol. The first-order valence-corrected chi connectivity index (χ1v) is 9.48. The summed E-state index contributed by atoms with van der Waals surface area (Å²) in [5.74, 6) is -0.416. The van der Waals surface area contributed by atoms with Crippen LogP contribution in [0.3, 0.4) is 0 Å². The lowest BCUT2D eigenvalue weighted by molar-refractivity contribution is 0.434. The average molecular weight is 392 g/mol. The molecule has 0 amide bonds. The lowest BCUT2D eigenvalue weighted by Crippen LogP contribution is -2.30. The van der Waals surface area contributed by atoms with Crippen LogP contribution in [0.4, 0.5) is 0 Å². The van der Waals surface area contributed by atoms with Crippen molar-refractivity contribution in [3.63, 3.8) is 0 Å². The van der Waals surface area contributed by atoms with Gasteiger partial charge in [0, 0.05) is 16.1 Å². The number of halogens is 2. The fourth-order valence-electron chi connectivity index (χ4n) is 1.65. The van der Waals surface area contributed by atoms with E-state index >= 15 is 0 Å². The van der Waals surface area contributed by atoms with Gasteiger partial charge in [-0.15, -0.1) is 0 Å². The quantitative estimate of drug-likeness (QED) is 0.566. The van der Waals surface area contributed by atoms with Gasteiger partial charge in [-0.3, -0.25) is 0 Å². The van der Waals surface area contributed by atoms with Crippen LogP contribution in [0, 0.1) is 0 Å². The Morgan fingerprint density at radius 3 is 2.68 bits per heavy atom. The molecule has 6 nitrogen and oxygen atoms in total. The number of hydrogen-bond donors (Lipinski definition) is 0. The van der Waals surface area contributed by atoms with E-state index in [-0.39, 0.29) is 17.9 Å². The second-order valence-corrected chi connectivity index (χ2v) is 8.92. The number of rotatable bonds is 2. The molecule has 0 N–H and O–H groups in total. The normalized spacial score (nSPS) is 21.3. The highest BCUT2D eigenvalue weighted by Gasteiger charge is 2.33. The van der Waals surface area contributed by atoms with Crippen molar-refractivity contribution in [3.05, 3.63) is 22.2 Å². The first-order valence-electron chi connectivity index (χ1n) is 4.98. The second kappa shape index (κ2) is 4.80. The van der Waals surface area contributed by atoms with Gasteiger partial charge >= 0.3 is 19.4 Å². The van der Waals surface area contributed by atoms with E-state index in [2.05, 4.69) is 20.1 Å². The Morgan fingerprint density at radius 2 is 2.11 bits per heavy atom. The molecule has 1 aliphatic rings. The van der Waals surface area contributed by atoms with E-state index in [9.17, 15) is 16.8 Å². The van der Waals surface area contributed by atoms with Crippen LogP contribution in [0.25, 0.3) is 0 Å². The summed E-state index contributed by atoms with van der Waals surface area (Å²) in [7, 11) is -3.11. The maximum absolute atomic E-state index is 11.7. The summed E-state index contributed by atoms with van der Waals surface area (Å²) in [5, 5.41) is -0.727. The van der Waals surface area contributed by atoms with Gasteiger partial charge in [0.15, 0.2) is 11.5 Å². The molecule has 0 fully saturated rings. The molecule has 0 aliphatic carbocycles. The van der Waals surface area contributed by atoms with Crippen LogP contribution < -0.4 is 8.37 Å². The topological polar surface area (TPSA) is 86.7 Å². The summed E-state index contributed by atoms with van der Waals surface area (Å²) >= 11 is 3.17. The van der Waals surface area contributed by atoms with Crippen molar-refractivity contribution >= 4 is 46.1 Å². The zero-order valence-electron chi connectivity index (χ0n) is 9.46. The van der Waals surface area contributed by atoms with Gasteiger partial charge in [0.2, 0.25) is 0 Å². The second-order valence-electron chi connectivity index (χ2n) is 3.96. The Kier molecular flexibility index (Phi) is 3.76. The Hall–Kier alpha value is -0.510. The van der Waals surface area contributed by atoms with Crippen molar-refractivity contribution < 1.29 is 25.2 Å². The number of hydrogen-bond acceptors (Lipinski definition) is 6. The van der Waals surface area contributed by atoms with E-state index < -0.39 is 24.7 Å². The van der Waals surface area contributed by atoms with Gasteiger partial charge in [-0.2, -0.15) is 16.8 Å². The number of fused-ring (bicyclic) bond motifs is 1. The van der Waals surface area contributed by atoms with Gasteiger partial charge < -0.3 is 8.37 Å². The first-order chi connectivity index (χ1) is 8.58. The molecule has 1 aliphatic heterocycles. The molecule has 10 heteroatoms. The highest BCUT2D eigenvalue weighted by molar-refractivity contribution is 9.10. The largest absolute Gasteiger partial charge is 0.401 e. The molecule has 0 spiro atoms. The molecule has 1 unspecified atom stereocenters. The lowest BCUT2D eigenvalue weighted by atomic mass is 10.1.